The van der Waals surface area contributed by atoms with Crippen molar-refractivity contribution >= 4 is 6.03 Å². The Morgan fingerprint density at radius 3 is 2.92 bits per heavy atom. The van der Waals surface area contributed by atoms with Crippen molar-refractivity contribution in [1.82, 2.24) is 10.2 Å². The van der Waals surface area contributed by atoms with E-state index in [9.17, 15) is 4.79 Å². The summed E-state index contributed by atoms with van der Waals surface area (Å²) in [4.78, 5) is 13.5. The molecule has 1 saturated carbocycles. The van der Waals surface area contributed by atoms with Crippen LogP contribution in [0.2, 0.25) is 0 Å². The third-order valence-electron chi connectivity index (χ3n) is 2.92. The predicted molar refractivity (Wildman–Crippen MR) is 46.9 cm³/mol. The van der Waals surface area contributed by atoms with Gasteiger partial charge in [-0.1, -0.05) is 0 Å². The monoisotopic (exact) mass is 168 g/mol. The lowest BCUT2D eigenvalue weighted by atomic mass is 10.1. The molecule has 0 aromatic heterocycles. The molecule has 0 spiro atoms. The van der Waals surface area contributed by atoms with E-state index < -0.39 is 0 Å². The van der Waals surface area contributed by atoms with Crippen molar-refractivity contribution in [2.75, 3.05) is 0 Å². The molecule has 0 aromatic carbocycles. The van der Waals surface area contributed by atoms with E-state index in [-0.39, 0.29) is 6.03 Å². The number of carbonyl (C=O) groups is 1. The summed E-state index contributed by atoms with van der Waals surface area (Å²) < 4.78 is 0. The number of rotatable bonds is 1. The van der Waals surface area contributed by atoms with Crippen LogP contribution in [0, 0.1) is 0 Å². The van der Waals surface area contributed by atoms with Crippen molar-refractivity contribution in [2.45, 2.75) is 51.2 Å². The molecule has 2 bridgehead atoms. The Labute approximate surface area is 73.1 Å². The number of urea groups is 1. The van der Waals surface area contributed by atoms with E-state index in [1.54, 1.807) is 0 Å². The van der Waals surface area contributed by atoms with Crippen LogP contribution in [0.15, 0.2) is 0 Å². The fourth-order valence-corrected chi connectivity index (χ4v) is 2.41. The van der Waals surface area contributed by atoms with Gasteiger partial charge in [0.2, 0.25) is 0 Å². The van der Waals surface area contributed by atoms with E-state index >= 15 is 0 Å². The molecular weight excluding hydrogens is 152 g/mol. The van der Waals surface area contributed by atoms with Gasteiger partial charge in [-0.25, -0.2) is 4.79 Å². The Morgan fingerprint density at radius 2 is 2.25 bits per heavy atom. The number of nitrogens with zero attached hydrogens (tertiary/aromatic N) is 1. The lowest BCUT2D eigenvalue weighted by Crippen LogP contribution is -2.54. The molecule has 2 unspecified atom stereocenters. The van der Waals surface area contributed by atoms with Gasteiger partial charge in [0.25, 0.3) is 0 Å². The van der Waals surface area contributed by atoms with Crippen LogP contribution in [0.4, 0.5) is 4.79 Å². The van der Waals surface area contributed by atoms with Crippen LogP contribution in [-0.2, 0) is 0 Å². The second-order valence-corrected chi connectivity index (χ2v) is 4.11. The molecule has 0 aromatic rings. The van der Waals surface area contributed by atoms with Crippen LogP contribution in [0.5, 0.6) is 0 Å². The first-order valence-corrected chi connectivity index (χ1v) is 4.77. The number of carbonyl (C=O) groups excluding carboxylic acids is 1. The molecule has 2 aliphatic rings. The van der Waals surface area contributed by atoms with Crippen molar-refractivity contribution in [2.24, 2.45) is 0 Å². The van der Waals surface area contributed by atoms with Crippen LogP contribution in [0.25, 0.3) is 0 Å². The Bertz CT molecular complexity index is 203. The first-order valence-electron chi connectivity index (χ1n) is 4.77. The minimum absolute atomic E-state index is 0.142. The highest BCUT2D eigenvalue weighted by Gasteiger charge is 2.39. The number of amides is 2. The number of hydrogen-bond acceptors (Lipinski definition) is 1. The highest BCUT2D eigenvalue weighted by atomic mass is 16.2. The van der Waals surface area contributed by atoms with E-state index in [1.807, 2.05) is 4.90 Å². The highest BCUT2D eigenvalue weighted by molar-refractivity contribution is 5.76. The van der Waals surface area contributed by atoms with Crippen LogP contribution in [0.1, 0.15) is 33.1 Å². The maximum absolute atomic E-state index is 11.5. The topological polar surface area (TPSA) is 32.3 Å². The zero-order valence-electron chi connectivity index (χ0n) is 7.71. The summed E-state index contributed by atoms with van der Waals surface area (Å²) in [7, 11) is 0. The Kier molecular flexibility index (Phi) is 1.74. The molecule has 1 aliphatic heterocycles. The normalized spacial score (nSPS) is 34.2. The Hall–Kier alpha value is -0.730. The van der Waals surface area contributed by atoms with Crippen molar-refractivity contribution in [3.63, 3.8) is 0 Å². The molecule has 1 N–H and O–H groups in total. The smallest absolute Gasteiger partial charge is 0.318 e. The van der Waals surface area contributed by atoms with E-state index in [2.05, 4.69) is 19.2 Å². The molecule has 12 heavy (non-hydrogen) atoms. The van der Waals surface area contributed by atoms with Gasteiger partial charge in [-0.2, -0.15) is 0 Å². The van der Waals surface area contributed by atoms with Crippen LogP contribution >= 0.6 is 0 Å². The molecule has 3 heteroatoms. The van der Waals surface area contributed by atoms with E-state index in [4.69, 9.17) is 0 Å². The summed E-state index contributed by atoms with van der Waals surface area (Å²) in [5.74, 6) is 0. The summed E-state index contributed by atoms with van der Waals surface area (Å²) in [6.45, 7) is 4.16. The molecule has 2 amide bonds. The van der Waals surface area contributed by atoms with E-state index in [1.165, 1.54) is 12.8 Å². The minimum atomic E-state index is 0.142. The zero-order valence-corrected chi connectivity index (χ0v) is 7.71. The van der Waals surface area contributed by atoms with Crippen LogP contribution in [-0.4, -0.2) is 29.1 Å². The van der Waals surface area contributed by atoms with Gasteiger partial charge in [0.1, 0.15) is 0 Å². The van der Waals surface area contributed by atoms with E-state index in [0.29, 0.717) is 18.1 Å². The van der Waals surface area contributed by atoms with Gasteiger partial charge in [0.05, 0.1) is 0 Å². The average Bonchev–Trinajstić information content (AvgIpc) is 2.31. The second-order valence-electron chi connectivity index (χ2n) is 4.11. The van der Waals surface area contributed by atoms with Gasteiger partial charge in [0.15, 0.2) is 0 Å². The fraction of sp³-hybridized carbons (Fsp3) is 0.889. The molecule has 1 aliphatic carbocycles. The van der Waals surface area contributed by atoms with Gasteiger partial charge in [-0.05, 0) is 33.1 Å². The Balaban J connectivity index is 2.15. The molecule has 3 nitrogen and oxygen atoms in total. The van der Waals surface area contributed by atoms with Crippen molar-refractivity contribution in [3.05, 3.63) is 0 Å². The largest absolute Gasteiger partial charge is 0.335 e. The van der Waals surface area contributed by atoms with Gasteiger partial charge in [-0.15, -0.1) is 0 Å². The third kappa shape index (κ3) is 1.08. The first-order chi connectivity index (χ1) is 5.68. The summed E-state index contributed by atoms with van der Waals surface area (Å²) in [5.41, 5.74) is 0. The van der Waals surface area contributed by atoms with Crippen molar-refractivity contribution < 1.29 is 4.79 Å². The third-order valence-corrected chi connectivity index (χ3v) is 2.92. The van der Waals surface area contributed by atoms with E-state index in [0.717, 1.165) is 6.42 Å². The lowest BCUT2D eigenvalue weighted by Gasteiger charge is -2.36. The first kappa shape index (κ1) is 7.90. The summed E-state index contributed by atoms with van der Waals surface area (Å²) in [5, 5.41) is 3.03. The zero-order chi connectivity index (χ0) is 8.72. The molecular formula is C9H16N2O. The average molecular weight is 168 g/mol. The summed E-state index contributed by atoms with van der Waals surface area (Å²) >= 11 is 0. The molecule has 1 saturated heterocycles. The summed E-state index contributed by atoms with van der Waals surface area (Å²) in [6.07, 6.45) is 3.51. The highest BCUT2D eigenvalue weighted by Crippen LogP contribution is 2.29. The SMILES string of the molecule is CC(C)N1C(=O)NC2CCC1C2. The lowest BCUT2D eigenvalue weighted by molar-refractivity contribution is 0.140. The molecule has 0 radical (unpaired) electrons. The Morgan fingerprint density at radius 1 is 1.50 bits per heavy atom. The predicted octanol–water partition coefficient (Wildman–Crippen LogP) is 1.34. The number of fused-ring (bicyclic) bond motifs is 2. The molecule has 2 fully saturated rings. The second kappa shape index (κ2) is 2.64. The van der Waals surface area contributed by atoms with Crippen LogP contribution in [0.3, 0.4) is 0 Å². The summed E-state index contributed by atoms with van der Waals surface area (Å²) in [6, 6.07) is 1.47. The number of nitrogens with one attached hydrogen (secondary N) is 1. The molecule has 2 rings (SSSR count). The van der Waals surface area contributed by atoms with Gasteiger partial charge in [0, 0.05) is 18.1 Å². The molecule has 68 valence electrons. The number of hydrogen-bond donors (Lipinski definition) is 1. The fourth-order valence-electron chi connectivity index (χ4n) is 2.41. The minimum Gasteiger partial charge on any atom is -0.335 e. The standard InChI is InChI=1S/C9H16N2O/c1-6(2)11-8-4-3-7(5-8)10-9(11)12/h6-8H,3-5H2,1-2H3,(H,10,12). The quantitative estimate of drug-likeness (QED) is 0.629. The molecule has 1 heterocycles. The van der Waals surface area contributed by atoms with Crippen molar-refractivity contribution in [3.8, 4) is 0 Å². The molecule has 2 atom stereocenters. The van der Waals surface area contributed by atoms with Crippen molar-refractivity contribution in [1.29, 1.82) is 0 Å². The van der Waals surface area contributed by atoms with Crippen LogP contribution < -0.4 is 5.32 Å². The van der Waals surface area contributed by atoms with Gasteiger partial charge >= 0.3 is 6.03 Å². The van der Waals surface area contributed by atoms with Gasteiger partial charge < -0.3 is 10.2 Å². The van der Waals surface area contributed by atoms with Gasteiger partial charge in [-0.3, -0.25) is 0 Å². The maximum atomic E-state index is 11.5. The maximum Gasteiger partial charge on any atom is 0.318 e.